The number of nitrogens with zero attached hydrogens (tertiary/aromatic N) is 3. The number of carbonyl (C=O) groups excluding carboxylic acids is 2. The van der Waals surface area contributed by atoms with E-state index in [-0.39, 0.29) is 23.8 Å². The van der Waals surface area contributed by atoms with Crippen LogP contribution >= 0.6 is 0 Å². The largest absolute Gasteiger partial charge is 0.388 e. The number of amides is 1. The summed E-state index contributed by atoms with van der Waals surface area (Å²) < 4.78 is 0. The van der Waals surface area contributed by atoms with E-state index in [1.165, 1.54) is 0 Å². The van der Waals surface area contributed by atoms with E-state index >= 15 is 0 Å². The number of hydrogen-bond acceptors (Lipinski definition) is 5. The van der Waals surface area contributed by atoms with Gasteiger partial charge in [-0.3, -0.25) is 19.5 Å². The van der Waals surface area contributed by atoms with Gasteiger partial charge in [-0.05, 0) is 31.5 Å². The number of aromatic nitrogens is 1. The summed E-state index contributed by atoms with van der Waals surface area (Å²) in [7, 11) is 0. The molecule has 1 aliphatic heterocycles. The normalized spacial score (nSPS) is 20.5. The SMILES string of the molecule is C[C@@H]1CN(C(=O)c2cccnc2)C[C@H](C)N1Cc1ccc(C(=O)CO)cc1. The summed E-state index contributed by atoms with van der Waals surface area (Å²) in [4.78, 5) is 32.5. The molecule has 0 bridgehead atoms. The number of aliphatic hydroxyl groups is 1. The third kappa shape index (κ3) is 4.40. The van der Waals surface area contributed by atoms with E-state index in [0.29, 0.717) is 24.2 Å². The number of aliphatic hydroxyl groups excluding tert-OH is 1. The minimum Gasteiger partial charge on any atom is -0.388 e. The summed E-state index contributed by atoms with van der Waals surface area (Å²) in [5.74, 6) is -0.251. The molecular formula is C21H25N3O3. The van der Waals surface area contributed by atoms with Crippen molar-refractivity contribution in [2.45, 2.75) is 32.5 Å². The number of rotatable bonds is 5. The Labute approximate surface area is 159 Å². The Morgan fingerprint density at radius 2 is 1.74 bits per heavy atom. The fourth-order valence-corrected chi connectivity index (χ4v) is 3.60. The topological polar surface area (TPSA) is 73.7 Å². The smallest absolute Gasteiger partial charge is 0.255 e. The lowest BCUT2D eigenvalue weighted by Crippen LogP contribution is -2.57. The Morgan fingerprint density at radius 3 is 2.30 bits per heavy atom. The minimum atomic E-state index is -0.472. The summed E-state index contributed by atoms with van der Waals surface area (Å²) >= 11 is 0. The van der Waals surface area contributed by atoms with Gasteiger partial charge < -0.3 is 10.0 Å². The molecule has 142 valence electrons. The lowest BCUT2D eigenvalue weighted by atomic mass is 10.0. The predicted octanol–water partition coefficient (Wildman–Crippen LogP) is 1.99. The van der Waals surface area contributed by atoms with Crippen LogP contribution in [-0.4, -0.2) is 63.4 Å². The number of hydrogen-bond donors (Lipinski definition) is 1. The lowest BCUT2D eigenvalue weighted by molar-refractivity contribution is 0.0269. The van der Waals surface area contributed by atoms with Crippen LogP contribution in [0, 0.1) is 0 Å². The fraction of sp³-hybridized carbons (Fsp3) is 0.381. The van der Waals surface area contributed by atoms with Crippen molar-refractivity contribution in [3.63, 3.8) is 0 Å². The zero-order valence-corrected chi connectivity index (χ0v) is 15.7. The second-order valence-corrected chi connectivity index (χ2v) is 7.10. The van der Waals surface area contributed by atoms with Crippen molar-refractivity contribution >= 4 is 11.7 Å². The first-order chi connectivity index (χ1) is 13.0. The molecule has 27 heavy (non-hydrogen) atoms. The maximum atomic E-state index is 12.7. The first-order valence-electron chi connectivity index (χ1n) is 9.17. The molecule has 1 saturated heterocycles. The molecule has 1 aromatic carbocycles. The van der Waals surface area contributed by atoms with E-state index in [4.69, 9.17) is 5.11 Å². The van der Waals surface area contributed by atoms with Crippen LogP contribution in [0.25, 0.3) is 0 Å². The Bertz CT molecular complexity index is 780. The zero-order chi connectivity index (χ0) is 19.4. The van der Waals surface area contributed by atoms with E-state index < -0.39 is 6.61 Å². The van der Waals surface area contributed by atoms with E-state index in [0.717, 1.165) is 12.1 Å². The van der Waals surface area contributed by atoms with Gasteiger partial charge >= 0.3 is 0 Å². The first-order valence-corrected chi connectivity index (χ1v) is 9.17. The van der Waals surface area contributed by atoms with Crippen LogP contribution < -0.4 is 0 Å². The van der Waals surface area contributed by atoms with Crippen molar-refractivity contribution in [3.05, 3.63) is 65.5 Å². The van der Waals surface area contributed by atoms with Gasteiger partial charge in [0.1, 0.15) is 6.61 Å². The maximum Gasteiger partial charge on any atom is 0.255 e. The molecule has 2 heterocycles. The summed E-state index contributed by atoms with van der Waals surface area (Å²) in [6, 6.07) is 11.4. The summed E-state index contributed by atoms with van der Waals surface area (Å²) in [5.41, 5.74) is 2.25. The molecule has 1 N–H and O–H groups in total. The summed E-state index contributed by atoms with van der Waals surface area (Å²) in [6.07, 6.45) is 3.28. The molecule has 1 fully saturated rings. The molecule has 0 spiro atoms. The predicted molar refractivity (Wildman–Crippen MR) is 102 cm³/mol. The highest BCUT2D eigenvalue weighted by molar-refractivity contribution is 5.96. The second-order valence-electron chi connectivity index (χ2n) is 7.10. The monoisotopic (exact) mass is 367 g/mol. The molecule has 0 radical (unpaired) electrons. The average Bonchev–Trinajstić information content (AvgIpc) is 2.70. The van der Waals surface area contributed by atoms with Crippen molar-refractivity contribution in [2.24, 2.45) is 0 Å². The van der Waals surface area contributed by atoms with E-state index in [1.807, 2.05) is 17.0 Å². The van der Waals surface area contributed by atoms with E-state index in [2.05, 4.69) is 23.7 Å². The lowest BCUT2D eigenvalue weighted by Gasteiger charge is -2.44. The van der Waals surface area contributed by atoms with Gasteiger partial charge in [0, 0.05) is 49.7 Å². The highest BCUT2D eigenvalue weighted by Gasteiger charge is 2.32. The van der Waals surface area contributed by atoms with Crippen LogP contribution in [0.2, 0.25) is 0 Å². The van der Waals surface area contributed by atoms with Crippen LogP contribution in [0.4, 0.5) is 0 Å². The molecule has 1 aliphatic rings. The quantitative estimate of drug-likeness (QED) is 0.818. The van der Waals surface area contributed by atoms with Gasteiger partial charge in [-0.15, -0.1) is 0 Å². The highest BCUT2D eigenvalue weighted by Crippen LogP contribution is 2.21. The zero-order valence-electron chi connectivity index (χ0n) is 15.7. The van der Waals surface area contributed by atoms with Gasteiger partial charge in [0.15, 0.2) is 5.78 Å². The third-order valence-electron chi connectivity index (χ3n) is 5.08. The Hall–Kier alpha value is -2.57. The number of ketones is 1. The molecule has 0 aliphatic carbocycles. The van der Waals surface area contributed by atoms with Crippen LogP contribution in [0.3, 0.4) is 0 Å². The van der Waals surface area contributed by atoms with Crippen molar-refractivity contribution < 1.29 is 14.7 Å². The molecule has 2 aromatic rings. The molecule has 6 nitrogen and oxygen atoms in total. The molecule has 1 aromatic heterocycles. The van der Waals surface area contributed by atoms with Gasteiger partial charge in [-0.25, -0.2) is 0 Å². The van der Waals surface area contributed by atoms with Gasteiger partial charge in [0.05, 0.1) is 5.56 Å². The molecule has 6 heteroatoms. The Kier molecular flexibility index (Phi) is 5.98. The minimum absolute atomic E-state index is 0.0216. The molecule has 0 unspecified atom stereocenters. The standard InChI is InChI=1S/C21H25N3O3/c1-15-11-23(21(27)19-4-3-9-22-10-19)12-16(2)24(15)13-17-5-7-18(8-6-17)20(26)14-25/h3-10,15-16,25H,11-14H2,1-2H3/t15-,16+. The van der Waals surface area contributed by atoms with Crippen molar-refractivity contribution in [1.82, 2.24) is 14.8 Å². The van der Waals surface area contributed by atoms with Gasteiger partial charge in [0.2, 0.25) is 0 Å². The van der Waals surface area contributed by atoms with Crippen molar-refractivity contribution in [2.75, 3.05) is 19.7 Å². The third-order valence-corrected chi connectivity index (χ3v) is 5.08. The van der Waals surface area contributed by atoms with Gasteiger partial charge in [-0.2, -0.15) is 0 Å². The van der Waals surface area contributed by atoms with E-state index in [9.17, 15) is 9.59 Å². The maximum absolute atomic E-state index is 12.7. The number of carbonyl (C=O) groups is 2. The van der Waals surface area contributed by atoms with Crippen molar-refractivity contribution in [3.8, 4) is 0 Å². The molecular weight excluding hydrogens is 342 g/mol. The Balaban J connectivity index is 1.65. The van der Waals surface area contributed by atoms with Crippen LogP contribution in [-0.2, 0) is 6.54 Å². The highest BCUT2D eigenvalue weighted by atomic mass is 16.3. The van der Waals surface area contributed by atoms with Crippen LogP contribution in [0.15, 0.2) is 48.8 Å². The van der Waals surface area contributed by atoms with E-state index in [1.54, 1.807) is 36.7 Å². The van der Waals surface area contributed by atoms with Gasteiger partial charge in [-0.1, -0.05) is 24.3 Å². The second kappa shape index (κ2) is 8.41. The average molecular weight is 367 g/mol. The number of pyridine rings is 1. The number of benzene rings is 1. The Morgan fingerprint density at radius 1 is 1.07 bits per heavy atom. The van der Waals surface area contributed by atoms with Crippen LogP contribution in [0.1, 0.15) is 40.1 Å². The molecule has 3 rings (SSSR count). The van der Waals surface area contributed by atoms with Crippen LogP contribution in [0.5, 0.6) is 0 Å². The number of piperazine rings is 1. The first kappa shape index (κ1) is 19.2. The molecule has 1 amide bonds. The fourth-order valence-electron chi connectivity index (χ4n) is 3.60. The van der Waals surface area contributed by atoms with Crippen molar-refractivity contribution in [1.29, 1.82) is 0 Å². The summed E-state index contributed by atoms with van der Waals surface area (Å²) in [6.45, 7) is 5.87. The van der Waals surface area contributed by atoms with Gasteiger partial charge in [0.25, 0.3) is 5.91 Å². The molecule has 2 atom stereocenters. The molecule has 0 saturated carbocycles. The number of Topliss-reactive ketones (excluding diaryl/α,β-unsaturated/α-hetero) is 1. The summed E-state index contributed by atoms with van der Waals surface area (Å²) in [5, 5.41) is 8.95.